The van der Waals surface area contributed by atoms with Crippen LogP contribution in [0.1, 0.15) is 41.5 Å². The zero-order valence-electron chi connectivity index (χ0n) is 13.6. The van der Waals surface area contributed by atoms with Crippen molar-refractivity contribution >= 4 is 0 Å². The predicted molar refractivity (Wildman–Crippen MR) is 93.7 cm³/mol. The molecule has 0 heterocycles. The van der Waals surface area contributed by atoms with Crippen LogP contribution >= 0.6 is 0 Å². The predicted octanol–water partition coefficient (Wildman–Crippen LogP) is 5.44. The molecule has 0 fully saturated rings. The van der Waals surface area contributed by atoms with Gasteiger partial charge < -0.3 is 0 Å². The lowest BCUT2D eigenvalue weighted by molar-refractivity contribution is 0.430. The Balaban J connectivity index is 1.74. The topological polar surface area (TPSA) is 0 Å². The van der Waals surface area contributed by atoms with E-state index in [0.717, 1.165) is 42.9 Å². The third-order valence-corrected chi connectivity index (χ3v) is 4.59. The van der Waals surface area contributed by atoms with Crippen LogP contribution in [0.3, 0.4) is 0 Å². The molecule has 1 aliphatic carbocycles. The van der Waals surface area contributed by atoms with Gasteiger partial charge in [0, 0.05) is 11.1 Å². The average molecular weight is 322 g/mol. The van der Waals surface area contributed by atoms with E-state index in [0.29, 0.717) is 5.56 Å². The first-order chi connectivity index (χ1) is 11.7. The molecule has 2 aromatic rings. The Hall–Kier alpha value is -2.40. The number of fused-ring (bicyclic) bond motifs is 1. The first-order valence-electron chi connectivity index (χ1n) is 8.35. The van der Waals surface area contributed by atoms with Gasteiger partial charge in [0.2, 0.25) is 0 Å². The van der Waals surface area contributed by atoms with Crippen molar-refractivity contribution in [1.82, 2.24) is 0 Å². The number of benzene rings is 2. The second-order valence-electron chi connectivity index (χ2n) is 6.34. The Labute approximate surface area is 142 Å². The molecule has 3 rings (SSSR count). The molecule has 0 amide bonds. The summed E-state index contributed by atoms with van der Waals surface area (Å²) < 4.78 is 26.1. The second kappa shape index (κ2) is 7.45. The highest BCUT2D eigenvalue weighted by atomic mass is 19.2. The fourth-order valence-corrected chi connectivity index (χ4v) is 3.23. The maximum Gasteiger partial charge on any atom is 0.160 e. The van der Waals surface area contributed by atoms with Gasteiger partial charge >= 0.3 is 0 Å². The number of allylic oxidation sites excluding steroid dienone is 1. The third-order valence-electron chi connectivity index (χ3n) is 4.59. The van der Waals surface area contributed by atoms with Gasteiger partial charge in [0.1, 0.15) is 0 Å². The van der Waals surface area contributed by atoms with E-state index in [9.17, 15) is 8.78 Å². The summed E-state index contributed by atoms with van der Waals surface area (Å²) in [7, 11) is 0. The average Bonchev–Trinajstić information content (AvgIpc) is 2.60. The SMILES string of the molecule is C=CCCC1CCc2cc(C#Cc3ccc(F)c(F)c3)ccc2C1. The largest absolute Gasteiger partial charge is 0.204 e. The smallest absolute Gasteiger partial charge is 0.160 e. The summed E-state index contributed by atoms with van der Waals surface area (Å²) in [5.74, 6) is 4.99. The van der Waals surface area contributed by atoms with E-state index in [4.69, 9.17) is 0 Å². The van der Waals surface area contributed by atoms with Crippen LogP contribution in [0.15, 0.2) is 49.1 Å². The van der Waals surface area contributed by atoms with E-state index in [1.807, 2.05) is 12.1 Å². The number of aryl methyl sites for hydroxylation is 1. The highest BCUT2D eigenvalue weighted by molar-refractivity contribution is 5.46. The van der Waals surface area contributed by atoms with Crippen LogP contribution in [0.4, 0.5) is 8.78 Å². The van der Waals surface area contributed by atoms with Crippen molar-refractivity contribution in [2.75, 3.05) is 0 Å². The quantitative estimate of drug-likeness (QED) is 0.522. The fourth-order valence-electron chi connectivity index (χ4n) is 3.23. The van der Waals surface area contributed by atoms with Crippen molar-refractivity contribution in [3.05, 3.63) is 82.9 Å². The van der Waals surface area contributed by atoms with Gasteiger partial charge in [-0.15, -0.1) is 6.58 Å². The molecule has 1 atom stereocenters. The minimum atomic E-state index is -0.863. The maximum absolute atomic E-state index is 13.2. The van der Waals surface area contributed by atoms with E-state index >= 15 is 0 Å². The fraction of sp³-hybridized carbons (Fsp3) is 0.273. The Morgan fingerprint density at radius 1 is 1.00 bits per heavy atom. The summed E-state index contributed by atoms with van der Waals surface area (Å²) in [4.78, 5) is 0. The molecule has 0 radical (unpaired) electrons. The molecular formula is C22H20F2. The van der Waals surface area contributed by atoms with Gasteiger partial charge in [-0.3, -0.25) is 0 Å². The van der Waals surface area contributed by atoms with Gasteiger partial charge in [-0.1, -0.05) is 24.0 Å². The van der Waals surface area contributed by atoms with Crippen LogP contribution in [-0.4, -0.2) is 0 Å². The molecule has 0 nitrogen and oxygen atoms in total. The van der Waals surface area contributed by atoms with Crippen LogP contribution in [0, 0.1) is 29.4 Å². The molecule has 122 valence electrons. The summed E-state index contributed by atoms with van der Waals surface area (Å²) in [5.41, 5.74) is 4.18. The molecule has 0 saturated heterocycles. The molecule has 24 heavy (non-hydrogen) atoms. The molecule has 0 N–H and O–H groups in total. The van der Waals surface area contributed by atoms with Gasteiger partial charge in [-0.25, -0.2) is 8.78 Å². The van der Waals surface area contributed by atoms with Crippen molar-refractivity contribution in [2.24, 2.45) is 5.92 Å². The van der Waals surface area contributed by atoms with Gasteiger partial charge in [0.25, 0.3) is 0 Å². The second-order valence-corrected chi connectivity index (χ2v) is 6.34. The number of hydrogen-bond donors (Lipinski definition) is 0. The maximum atomic E-state index is 13.2. The van der Waals surface area contributed by atoms with Crippen molar-refractivity contribution < 1.29 is 8.78 Å². The zero-order valence-corrected chi connectivity index (χ0v) is 13.6. The summed E-state index contributed by atoms with van der Waals surface area (Å²) in [5, 5.41) is 0. The Morgan fingerprint density at radius 3 is 2.50 bits per heavy atom. The van der Waals surface area contributed by atoms with Crippen molar-refractivity contribution in [1.29, 1.82) is 0 Å². The van der Waals surface area contributed by atoms with Crippen LogP contribution in [0.5, 0.6) is 0 Å². The minimum Gasteiger partial charge on any atom is -0.204 e. The van der Waals surface area contributed by atoms with Crippen molar-refractivity contribution in [3.8, 4) is 11.8 Å². The molecule has 0 aromatic heterocycles. The van der Waals surface area contributed by atoms with E-state index in [1.54, 1.807) is 0 Å². The van der Waals surface area contributed by atoms with E-state index in [1.165, 1.54) is 30.0 Å². The molecular weight excluding hydrogens is 302 g/mol. The Morgan fingerprint density at radius 2 is 1.75 bits per heavy atom. The summed E-state index contributed by atoms with van der Waals surface area (Å²) >= 11 is 0. The summed E-state index contributed by atoms with van der Waals surface area (Å²) in [6.45, 7) is 3.80. The Kier molecular flexibility index (Phi) is 5.11. The number of hydrogen-bond acceptors (Lipinski definition) is 0. The first-order valence-corrected chi connectivity index (χ1v) is 8.35. The lowest BCUT2D eigenvalue weighted by Gasteiger charge is -2.24. The van der Waals surface area contributed by atoms with Crippen LogP contribution < -0.4 is 0 Å². The van der Waals surface area contributed by atoms with Crippen LogP contribution in [-0.2, 0) is 12.8 Å². The first kappa shape index (κ1) is 16.5. The lowest BCUT2D eigenvalue weighted by atomic mass is 9.81. The van der Waals surface area contributed by atoms with Gasteiger partial charge in [0.15, 0.2) is 11.6 Å². The summed E-state index contributed by atoms with van der Waals surface area (Å²) in [6, 6.07) is 10.0. The van der Waals surface area contributed by atoms with Crippen molar-refractivity contribution in [2.45, 2.75) is 32.1 Å². The number of rotatable bonds is 3. The zero-order chi connectivity index (χ0) is 16.9. The molecule has 0 saturated carbocycles. The molecule has 2 aromatic carbocycles. The molecule has 1 aliphatic rings. The molecule has 2 heteroatoms. The number of halogens is 2. The minimum absolute atomic E-state index is 0.483. The van der Waals surface area contributed by atoms with E-state index in [2.05, 4.69) is 30.6 Å². The van der Waals surface area contributed by atoms with Crippen LogP contribution in [0.2, 0.25) is 0 Å². The molecule has 1 unspecified atom stereocenters. The highest BCUT2D eigenvalue weighted by Gasteiger charge is 2.17. The molecule has 0 spiro atoms. The van der Waals surface area contributed by atoms with E-state index in [-0.39, 0.29) is 0 Å². The highest BCUT2D eigenvalue weighted by Crippen LogP contribution is 2.29. The van der Waals surface area contributed by atoms with E-state index < -0.39 is 11.6 Å². The molecule has 0 bridgehead atoms. The summed E-state index contributed by atoms with van der Waals surface area (Å²) in [6.07, 6.45) is 7.70. The standard InChI is InChI=1S/C22H20F2/c1-2-3-4-16-7-10-20-14-17(8-11-19(20)13-16)5-6-18-9-12-21(23)22(24)15-18/h2,8-9,11-12,14-16H,1,3-4,7,10,13H2. The third kappa shape index (κ3) is 3.92. The Bertz CT molecular complexity index is 808. The normalized spacial score (nSPS) is 16.0. The van der Waals surface area contributed by atoms with Crippen molar-refractivity contribution in [3.63, 3.8) is 0 Å². The monoisotopic (exact) mass is 322 g/mol. The van der Waals surface area contributed by atoms with Gasteiger partial charge in [0.05, 0.1) is 0 Å². The van der Waals surface area contributed by atoms with Gasteiger partial charge in [-0.2, -0.15) is 0 Å². The lowest BCUT2D eigenvalue weighted by Crippen LogP contribution is -2.14. The van der Waals surface area contributed by atoms with Crippen LogP contribution in [0.25, 0.3) is 0 Å². The van der Waals surface area contributed by atoms with Gasteiger partial charge in [-0.05, 0) is 79.5 Å². The molecule has 0 aliphatic heterocycles.